The highest BCUT2D eigenvalue weighted by Gasteiger charge is 2.30. The van der Waals surface area contributed by atoms with Gasteiger partial charge in [0.2, 0.25) is 6.79 Å². The van der Waals surface area contributed by atoms with Gasteiger partial charge in [-0.3, -0.25) is 0 Å². The second-order valence-electron chi connectivity index (χ2n) is 4.14. The first-order valence-corrected chi connectivity index (χ1v) is 5.50. The van der Waals surface area contributed by atoms with Crippen LogP contribution in [0.2, 0.25) is 0 Å². The molecular formula is C12H14O4. The van der Waals surface area contributed by atoms with Gasteiger partial charge < -0.3 is 19.3 Å². The first kappa shape index (κ1) is 9.93. The van der Waals surface area contributed by atoms with E-state index < -0.39 is 0 Å². The molecule has 4 nitrogen and oxygen atoms in total. The predicted molar refractivity (Wildman–Crippen MR) is 56.5 cm³/mol. The van der Waals surface area contributed by atoms with Crippen LogP contribution < -0.4 is 9.47 Å². The van der Waals surface area contributed by atoms with E-state index in [4.69, 9.17) is 14.2 Å². The number of rotatable bonds is 2. The Morgan fingerprint density at radius 2 is 2.12 bits per heavy atom. The largest absolute Gasteiger partial charge is 0.454 e. The summed E-state index contributed by atoms with van der Waals surface area (Å²) in [6, 6.07) is 5.82. The van der Waals surface area contributed by atoms with Crippen LogP contribution in [0.1, 0.15) is 18.1 Å². The van der Waals surface area contributed by atoms with Crippen LogP contribution in [-0.2, 0) is 4.74 Å². The molecule has 1 aromatic carbocycles. The summed E-state index contributed by atoms with van der Waals surface area (Å²) in [6.07, 6.45) is 0.898. The lowest BCUT2D eigenvalue weighted by atomic mass is 9.96. The number of aliphatic hydroxyl groups excluding tert-OH is 1. The molecule has 1 N–H and O–H groups in total. The van der Waals surface area contributed by atoms with Gasteiger partial charge in [0.15, 0.2) is 11.5 Å². The van der Waals surface area contributed by atoms with Crippen LogP contribution in [0.3, 0.4) is 0 Å². The van der Waals surface area contributed by atoms with Crippen molar-refractivity contribution in [2.24, 2.45) is 5.92 Å². The molecule has 2 aliphatic heterocycles. The molecule has 0 saturated carbocycles. The first-order chi connectivity index (χ1) is 7.88. The lowest BCUT2D eigenvalue weighted by Gasteiger charge is -2.16. The van der Waals surface area contributed by atoms with Gasteiger partial charge in [-0.1, -0.05) is 6.07 Å². The molecule has 86 valence electrons. The minimum absolute atomic E-state index is 0.0144. The zero-order chi connectivity index (χ0) is 11.0. The Labute approximate surface area is 93.7 Å². The average molecular weight is 222 g/mol. The molecule has 2 atom stereocenters. The van der Waals surface area contributed by atoms with E-state index in [1.165, 1.54) is 0 Å². The van der Waals surface area contributed by atoms with Crippen LogP contribution in [0.15, 0.2) is 18.2 Å². The van der Waals surface area contributed by atoms with E-state index >= 15 is 0 Å². The van der Waals surface area contributed by atoms with Crippen LogP contribution in [0, 0.1) is 5.92 Å². The molecule has 2 aliphatic rings. The van der Waals surface area contributed by atoms with Crippen molar-refractivity contribution in [3.8, 4) is 11.5 Å². The molecule has 0 amide bonds. The molecule has 0 aliphatic carbocycles. The van der Waals surface area contributed by atoms with Gasteiger partial charge >= 0.3 is 0 Å². The summed E-state index contributed by atoms with van der Waals surface area (Å²) in [6.45, 7) is 1.16. The lowest BCUT2D eigenvalue weighted by Crippen LogP contribution is -2.11. The maximum atomic E-state index is 9.26. The lowest BCUT2D eigenvalue weighted by molar-refractivity contribution is 0.0719. The maximum absolute atomic E-state index is 9.26. The van der Waals surface area contributed by atoms with E-state index in [1.807, 2.05) is 18.2 Å². The number of hydrogen-bond donors (Lipinski definition) is 1. The molecule has 4 heteroatoms. The van der Waals surface area contributed by atoms with Crippen LogP contribution in [0.4, 0.5) is 0 Å². The zero-order valence-corrected chi connectivity index (χ0v) is 8.89. The van der Waals surface area contributed by atoms with Crippen molar-refractivity contribution in [2.75, 3.05) is 20.0 Å². The third-order valence-electron chi connectivity index (χ3n) is 3.17. The molecule has 16 heavy (non-hydrogen) atoms. The fourth-order valence-corrected chi connectivity index (χ4v) is 2.28. The van der Waals surface area contributed by atoms with Crippen molar-refractivity contribution < 1.29 is 19.3 Å². The highest BCUT2D eigenvalue weighted by molar-refractivity contribution is 5.45. The highest BCUT2D eigenvalue weighted by Crippen LogP contribution is 2.39. The third-order valence-corrected chi connectivity index (χ3v) is 3.17. The maximum Gasteiger partial charge on any atom is 0.231 e. The van der Waals surface area contributed by atoms with Gasteiger partial charge in [-0.25, -0.2) is 0 Å². The molecule has 1 saturated heterocycles. The summed E-state index contributed by atoms with van der Waals surface area (Å²) >= 11 is 0. The average Bonchev–Trinajstić information content (AvgIpc) is 2.96. The van der Waals surface area contributed by atoms with E-state index in [9.17, 15) is 5.11 Å². The Morgan fingerprint density at radius 1 is 1.25 bits per heavy atom. The highest BCUT2D eigenvalue weighted by atomic mass is 16.7. The SMILES string of the molecule is OC[C@@H]1CCO[C@H]1c1ccc2c(c1)OCO2. The molecular weight excluding hydrogens is 208 g/mol. The molecule has 0 bridgehead atoms. The summed E-state index contributed by atoms with van der Waals surface area (Å²) in [4.78, 5) is 0. The summed E-state index contributed by atoms with van der Waals surface area (Å²) in [5.41, 5.74) is 1.06. The van der Waals surface area contributed by atoms with Crippen LogP contribution in [0.5, 0.6) is 11.5 Å². The Bertz CT molecular complexity index is 391. The fraction of sp³-hybridized carbons (Fsp3) is 0.500. The Kier molecular flexibility index (Phi) is 2.46. The molecule has 0 radical (unpaired) electrons. The van der Waals surface area contributed by atoms with E-state index in [0.717, 1.165) is 23.5 Å². The monoisotopic (exact) mass is 222 g/mol. The number of fused-ring (bicyclic) bond motifs is 1. The molecule has 3 rings (SSSR count). The minimum atomic E-state index is -0.0144. The summed E-state index contributed by atoms with van der Waals surface area (Å²) in [5, 5.41) is 9.26. The van der Waals surface area contributed by atoms with Crippen molar-refractivity contribution in [3.05, 3.63) is 23.8 Å². The van der Waals surface area contributed by atoms with E-state index in [0.29, 0.717) is 6.61 Å². The van der Waals surface area contributed by atoms with Crippen molar-refractivity contribution in [1.29, 1.82) is 0 Å². The molecule has 1 fully saturated rings. The fourth-order valence-electron chi connectivity index (χ4n) is 2.28. The molecule has 0 aromatic heterocycles. The number of ether oxygens (including phenoxy) is 3. The summed E-state index contributed by atoms with van der Waals surface area (Å²) in [5.74, 6) is 1.74. The van der Waals surface area contributed by atoms with Crippen LogP contribution >= 0.6 is 0 Å². The Hall–Kier alpha value is -1.26. The Balaban J connectivity index is 1.89. The van der Waals surface area contributed by atoms with E-state index in [2.05, 4.69) is 0 Å². The molecule has 0 unspecified atom stereocenters. The van der Waals surface area contributed by atoms with Gasteiger partial charge in [0.25, 0.3) is 0 Å². The summed E-state index contributed by atoms with van der Waals surface area (Å²) in [7, 11) is 0. The normalized spacial score (nSPS) is 27.3. The quantitative estimate of drug-likeness (QED) is 0.823. The van der Waals surface area contributed by atoms with Gasteiger partial charge in [0.1, 0.15) is 0 Å². The minimum Gasteiger partial charge on any atom is -0.454 e. The summed E-state index contributed by atoms with van der Waals surface area (Å²) < 4.78 is 16.2. The second kappa shape index (κ2) is 3.96. The van der Waals surface area contributed by atoms with E-state index in [1.54, 1.807) is 0 Å². The van der Waals surface area contributed by atoms with Gasteiger partial charge in [-0.15, -0.1) is 0 Å². The number of aliphatic hydroxyl groups is 1. The predicted octanol–water partition coefficient (Wildman–Crippen LogP) is 1.49. The van der Waals surface area contributed by atoms with Gasteiger partial charge in [0.05, 0.1) is 6.10 Å². The molecule has 2 heterocycles. The third kappa shape index (κ3) is 1.54. The van der Waals surface area contributed by atoms with Crippen molar-refractivity contribution in [1.82, 2.24) is 0 Å². The van der Waals surface area contributed by atoms with Crippen LogP contribution in [0.25, 0.3) is 0 Å². The number of benzene rings is 1. The van der Waals surface area contributed by atoms with Gasteiger partial charge in [-0.2, -0.15) is 0 Å². The topological polar surface area (TPSA) is 47.9 Å². The zero-order valence-electron chi connectivity index (χ0n) is 8.89. The van der Waals surface area contributed by atoms with Crippen LogP contribution in [-0.4, -0.2) is 25.1 Å². The van der Waals surface area contributed by atoms with E-state index in [-0.39, 0.29) is 25.4 Å². The second-order valence-corrected chi connectivity index (χ2v) is 4.14. The molecule has 0 spiro atoms. The molecule has 1 aromatic rings. The van der Waals surface area contributed by atoms with Crippen molar-refractivity contribution >= 4 is 0 Å². The smallest absolute Gasteiger partial charge is 0.231 e. The van der Waals surface area contributed by atoms with Gasteiger partial charge in [-0.05, 0) is 24.1 Å². The Morgan fingerprint density at radius 3 is 3.00 bits per heavy atom. The van der Waals surface area contributed by atoms with Crippen molar-refractivity contribution in [3.63, 3.8) is 0 Å². The van der Waals surface area contributed by atoms with Crippen molar-refractivity contribution in [2.45, 2.75) is 12.5 Å². The van der Waals surface area contributed by atoms with Gasteiger partial charge in [0, 0.05) is 19.1 Å². The number of hydrogen-bond acceptors (Lipinski definition) is 4. The standard InChI is InChI=1S/C12H14O4/c13-6-9-3-4-14-12(9)8-1-2-10-11(5-8)16-7-15-10/h1-2,5,9,12-13H,3-4,6-7H2/t9-,12-/m0/s1. The first-order valence-electron chi connectivity index (χ1n) is 5.50.